The molecular formula is C27H32N2O6. The zero-order valence-corrected chi connectivity index (χ0v) is 20.2. The second-order valence-corrected chi connectivity index (χ2v) is 10.3. The lowest BCUT2D eigenvalue weighted by atomic mass is 9.87. The maximum atomic E-state index is 13.0. The van der Waals surface area contributed by atoms with Crippen LogP contribution < -0.4 is 10.6 Å². The Balaban J connectivity index is 1.42. The number of carbonyl (C=O) groups excluding carboxylic acids is 2. The van der Waals surface area contributed by atoms with Gasteiger partial charge in [0, 0.05) is 12.5 Å². The molecule has 1 aliphatic heterocycles. The Morgan fingerprint density at radius 1 is 1.06 bits per heavy atom. The zero-order valence-electron chi connectivity index (χ0n) is 20.2. The van der Waals surface area contributed by atoms with Crippen molar-refractivity contribution in [2.75, 3.05) is 13.2 Å². The highest BCUT2D eigenvalue weighted by molar-refractivity contribution is 5.87. The summed E-state index contributed by atoms with van der Waals surface area (Å²) in [5, 5.41) is 14.8. The van der Waals surface area contributed by atoms with Crippen molar-refractivity contribution >= 4 is 18.0 Å². The standard InChI is InChI=1S/C27H32N2O6/c1-27(2,3)14-22(24(30)28-21-12-13-34-23(21)25(31)32)29-26(33)35-15-20-18-10-6-4-8-16(18)17-9-5-7-11-19(17)20/h4-11,20-23H,12-15H2,1-3H3,(H,28,30)(H,29,33)(H,31,32). The third-order valence-electron chi connectivity index (χ3n) is 6.43. The van der Waals surface area contributed by atoms with Gasteiger partial charge in [0.25, 0.3) is 0 Å². The summed E-state index contributed by atoms with van der Waals surface area (Å²) >= 11 is 0. The van der Waals surface area contributed by atoms with E-state index in [1.54, 1.807) is 0 Å². The molecule has 1 fully saturated rings. The lowest BCUT2D eigenvalue weighted by molar-refractivity contribution is -0.148. The first-order chi connectivity index (χ1) is 16.6. The number of hydrogen-bond acceptors (Lipinski definition) is 5. The topological polar surface area (TPSA) is 114 Å². The second-order valence-electron chi connectivity index (χ2n) is 10.3. The molecule has 4 rings (SSSR count). The maximum Gasteiger partial charge on any atom is 0.407 e. The molecule has 3 N–H and O–H groups in total. The van der Waals surface area contributed by atoms with E-state index < -0.39 is 36.2 Å². The number of carbonyl (C=O) groups is 3. The van der Waals surface area contributed by atoms with Crippen LogP contribution in [0.4, 0.5) is 4.79 Å². The van der Waals surface area contributed by atoms with Crippen molar-refractivity contribution in [3.05, 3.63) is 59.7 Å². The van der Waals surface area contributed by atoms with E-state index >= 15 is 0 Å². The molecule has 0 saturated carbocycles. The summed E-state index contributed by atoms with van der Waals surface area (Å²) in [6.07, 6.45) is -1.03. The van der Waals surface area contributed by atoms with E-state index in [4.69, 9.17) is 9.47 Å². The molecule has 3 atom stereocenters. The summed E-state index contributed by atoms with van der Waals surface area (Å²) < 4.78 is 10.8. The van der Waals surface area contributed by atoms with Crippen LogP contribution in [-0.4, -0.2) is 54.5 Å². The number of rotatable bonds is 7. The van der Waals surface area contributed by atoms with Crippen LogP contribution in [0, 0.1) is 5.41 Å². The number of benzene rings is 2. The van der Waals surface area contributed by atoms with Crippen molar-refractivity contribution in [1.29, 1.82) is 0 Å². The van der Waals surface area contributed by atoms with Crippen LogP contribution in [0.5, 0.6) is 0 Å². The molecule has 0 bridgehead atoms. The third kappa shape index (κ3) is 5.65. The van der Waals surface area contributed by atoms with E-state index in [0.717, 1.165) is 22.3 Å². The summed E-state index contributed by atoms with van der Waals surface area (Å²) in [4.78, 5) is 37.2. The summed E-state index contributed by atoms with van der Waals surface area (Å²) in [7, 11) is 0. The number of amides is 2. The van der Waals surface area contributed by atoms with E-state index in [1.165, 1.54) is 0 Å². The predicted molar refractivity (Wildman–Crippen MR) is 130 cm³/mol. The quantitative estimate of drug-likeness (QED) is 0.557. The van der Waals surface area contributed by atoms with Gasteiger partial charge >= 0.3 is 12.1 Å². The summed E-state index contributed by atoms with van der Waals surface area (Å²) in [5.41, 5.74) is 4.21. The van der Waals surface area contributed by atoms with Gasteiger partial charge in [-0.3, -0.25) is 4.79 Å². The van der Waals surface area contributed by atoms with Gasteiger partial charge in [-0.1, -0.05) is 69.3 Å². The predicted octanol–water partition coefficient (Wildman–Crippen LogP) is 3.69. The normalized spacial score (nSPS) is 20.0. The van der Waals surface area contributed by atoms with Crippen molar-refractivity contribution in [3.8, 4) is 11.1 Å². The Morgan fingerprint density at radius 3 is 2.23 bits per heavy atom. The number of carboxylic acid groups (broad SMARTS) is 1. The van der Waals surface area contributed by atoms with Crippen molar-refractivity contribution in [1.82, 2.24) is 10.6 Å². The molecule has 8 heteroatoms. The van der Waals surface area contributed by atoms with Crippen LogP contribution in [0.3, 0.4) is 0 Å². The molecule has 2 aliphatic rings. The van der Waals surface area contributed by atoms with Crippen molar-refractivity contribution < 1.29 is 29.0 Å². The molecule has 8 nitrogen and oxygen atoms in total. The van der Waals surface area contributed by atoms with E-state index in [1.807, 2.05) is 57.2 Å². The molecule has 0 radical (unpaired) electrons. The van der Waals surface area contributed by atoms with Crippen LogP contribution in [0.2, 0.25) is 0 Å². The zero-order chi connectivity index (χ0) is 25.2. The average molecular weight is 481 g/mol. The molecule has 2 aromatic rings. The van der Waals surface area contributed by atoms with Gasteiger partial charge in [-0.15, -0.1) is 0 Å². The first-order valence-corrected chi connectivity index (χ1v) is 11.9. The molecule has 1 saturated heterocycles. The van der Waals surface area contributed by atoms with E-state index in [0.29, 0.717) is 12.8 Å². The molecule has 2 amide bonds. The molecule has 0 aromatic heterocycles. The Bertz CT molecular complexity index is 1060. The fraction of sp³-hybridized carbons (Fsp3) is 0.444. The van der Waals surface area contributed by atoms with Gasteiger partial charge in [0.05, 0.1) is 6.04 Å². The summed E-state index contributed by atoms with van der Waals surface area (Å²) in [5.74, 6) is -1.66. The van der Waals surface area contributed by atoms with Gasteiger partial charge < -0.3 is 25.2 Å². The molecule has 3 unspecified atom stereocenters. The summed E-state index contributed by atoms with van der Waals surface area (Å²) in [6, 6.07) is 14.6. The SMILES string of the molecule is CC(C)(C)CC(NC(=O)OCC1c2ccccc2-c2ccccc21)C(=O)NC1CCOC1C(=O)O. The van der Waals surface area contributed by atoms with Crippen LogP contribution in [0.25, 0.3) is 11.1 Å². The van der Waals surface area contributed by atoms with Gasteiger partial charge in [0.2, 0.25) is 5.91 Å². The van der Waals surface area contributed by atoms with E-state index in [-0.39, 0.29) is 24.5 Å². The molecule has 1 aliphatic carbocycles. The first kappa shape index (κ1) is 24.7. The van der Waals surface area contributed by atoms with Gasteiger partial charge in [-0.25, -0.2) is 9.59 Å². The monoisotopic (exact) mass is 480 g/mol. The fourth-order valence-electron chi connectivity index (χ4n) is 4.87. The molecule has 35 heavy (non-hydrogen) atoms. The molecule has 2 aromatic carbocycles. The number of fused-ring (bicyclic) bond motifs is 3. The van der Waals surface area contributed by atoms with Crippen molar-refractivity contribution in [2.45, 2.75) is 57.7 Å². The highest BCUT2D eigenvalue weighted by Gasteiger charge is 2.37. The van der Waals surface area contributed by atoms with Crippen molar-refractivity contribution in [3.63, 3.8) is 0 Å². The maximum absolute atomic E-state index is 13.0. The molecule has 186 valence electrons. The Kier molecular flexibility index (Phi) is 7.12. The Labute approximate surface area is 205 Å². The highest BCUT2D eigenvalue weighted by atomic mass is 16.5. The molecular weight excluding hydrogens is 448 g/mol. The Morgan fingerprint density at radius 2 is 1.66 bits per heavy atom. The van der Waals surface area contributed by atoms with Crippen molar-refractivity contribution in [2.24, 2.45) is 5.41 Å². The number of aliphatic carboxylic acids is 1. The number of carboxylic acids is 1. The number of alkyl carbamates (subject to hydrolysis) is 1. The molecule has 0 spiro atoms. The number of nitrogens with one attached hydrogen (secondary N) is 2. The highest BCUT2D eigenvalue weighted by Crippen LogP contribution is 2.44. The van der Waals surface area contributed by atoms with Gasteiger partial charge in [0.15, 0.2) is 6.10 Å². The largest absolute Gasteiger partial charge is 0.479 e. The van der Waals surface area contributed by atoms with Gasteiger partial charge in [-0.05, 0) is 40.5 Å². The minimum atomic E-state index is -1.12. The minimum absolute atomic E-state index is 0.0880. The second kappa shape index (κ2) is 10.1. The van der Waals surface area contributed by atoms with Crippen LogP contribution >= 0.6 is 0 Å². The van der Waals surface area contributed by atoms with Crippen LogP contribution in [-0.2, 0) is 19.1 Å². The Hall–Kier alpha value is -3.39. The van der Waals surface area contributed by atoms with Gasteiger partial charge in [0.1, 0.15) is 12.6 Å². The van der Waals surface area contributed by atoms with Crippen LogP contribution in [0.1, 0.15) is 50.7 Å². The third-order valence-corrected chi connectivity index (χ3v) is 6.43. The number of ether oxygens (including phenoxy) is 2. The summed E-state index contributed by atoms with van der Waals surface area (Å²) in [6.45, 7) is 6.29. The number of hydrogen-bond donors (Lipinski definition) is 3. The first-order valence-electron chi connectivity index (χ1n) is 11.9. The van der Waals surface area contributed by atoms with E-state index in [9.17, 15) is 19.5 Å². The lowest BCUT2D eigenvalue weighted by Gasteiger charge is -2.27. The lowest BCUT2D eigenvalue weighted by Crippen LogP contribution is -2.53. The fourth-order valence-corrected chi connectivity index (χ4v) is 4.87. The molecule has 1 heterocycles. The van der Waals surface area contributed by atoms with Gasteiger partial charge in [-0.2, -0.15) is 0 Å². The average Bonchev–Trinajstić information content (AvgIpc) is 3.39. The van der Waals surface area contributed by atoms with E-state index in [2.05, 4.69) is 22.8 Å². The smallest absolute Gasteiger partial charge is 0.407 e. The minimum Gasteiger partial charge on any atom is -0.479 e. The van der Waals surface area contributed by atoms with Crippen LogP contribution in [0.15, 0.2) is 48.5 Å².